The van der Waals surface area contributed by atoms with Gasteiger partial charge in [-0.15, -0.1) is 0 Å². The van der Waals surface area contributed by atoms with Crippen molar-refractivity contribution in [3.63, 3.8) is 0 Å². The summed E-state index contributed by atoms with van der Waals surface area (Å²) in [5, 5.41) is 6.10. The molecule has 0 atom stereocenters. The molecule has 2 N–H and O–H groups in total. The number of aryl methyl sites for hydroxylation is 1. The molecule has 0 bridgehead atoms. The number of benzene rings is 3. The molecule has 2 amide bonds. The van der Waals surface area contributed by atoms with Gasteiger partial charge in [0.15, 0.2) is 10.8 Å². The first kappa shape index (κ1) is 17.7. The Hall–Kier alpha value is -3.69. The van der Waals surface area contributed by atoms with Crippen LogP contribution in [0.1, 0.15) is 5.56 Å². The highest BCUT2D eigenvalue weighted by atomic mass is 32.1. The number of hydrogen-bond acceptors (Lipinski definition) is 3. The molecule has 0 unspecified atom stereocenters. The van der Waals surface area contributed by atoms with Crippen molar-refractivity contribution in [3.8, 4) is 11.1 Å². The normalized spacial score (nSPS) is 10.4. The summed E-state index contributed by atoms with van der Waals surface area (Å²) in [4.78, 5) is 20.2. The minimum atomic E-state index is -0.356. The van der Waals surface area contributed by atoms with Gasteiger partial charge in [0.05, 0.1) is 12.1 Å². The summed E-state index contributed by atoms with van der Waals surface area (Å²) in [7, 11) is 0. The standard InChI is InChI=1S/C22H16N4OS/c1-14-6-8-15(9-7-14)16-4-3-5-18(12-16)24-21(27)26-22-25-19-11-10-17(23-2)13-20(19)28-22/h3-13H,1H3,(H2,24,25,26,27). The molecule has 0 saturated carbocycles. The van der Waals surface area contributed by atoms with Crippen LogP contribution in [0.25, 0.3) is 26.2 Å². The lowest BCUT2D eigenvalue weighted by molar-refractivity contribution is 0.262. The van der Waals surface area contributed by atoms with E-state index >= 15 is 0 Å². The third-order valence-electron chi connectivity index (χ3n) is 4.23. The van der Waals surface area contributed by atoms with Crippen molar-refractivity contribution in [2.45, 2.75) is 6.92 Å². The van der Waals surface area contributed by atoms with E-state index in [1.807, 2.05) is 24.3 Å². The van der Waals surface area contributed by atoms with E-state index in [1.165, 1.54) is 16.9 Å². The predicted octanol–water partition coefficient (Wildman–Crippen LogP) is 6.47. The Bertz CT molecular complexity index is 1210. The fraction of sp³-hybridized carbons (Fsp3) is 0.0455. The van der Waals surface area contributed by atoms with Crippen LogP contribution >= 0.6 is 11.3 Å². The molecule has 3 aromatic carbocycles. The second kappa shape index (κ2) is 7.51. The molecular weight excluding hydrogens is 368 g/mol. The smallest absolute Gasteiger partial charge is 0.308 e. The summed E-state index contributed by atoms with van der Waals surface area (Å²) < 4.78 is 0.866. The van der Waals surface area contributed by atoms with Gasteiger partial charge >= 0.3 is 6.03 Å². The first-order valence-electron chi connectivity index (χ1n) is 8.64. The molecule has 1 heterocycles. The van der Waals surface area contributed by atoms with E-state index in [9.17, 15) is 4.79 Å². The Morgan fingerprint density at radius 3 is 2.61 bits per heavy atom. The monoisotopic (exact) mass is 384 g/mol. The first-order chi connectivity index (χ1) is 13.6. The molecule has 0 radical (unpaired) electrons. The van der Waals surface area contributed by atoms with Crippen LogP contribution in [0.4, 0.5) is 21.3 Å². The summed E-state index contributed by atoms with van der Waals surface area (Å²) in [6.45, 7) is 9.14. The summed E-state index contributed by atoms with van der Waals surface area (Å²) in [5.74, 6) is 0. The zero-order valence-electron chi connectivity index (χ0n) is 15.1. The number of fused-ring (bicyclic) bond motifs is 1. The van der Waals surface area contributed by atoms with Gasteiger partial charge in [0.1, 0.15) is 0 Å². The van der Waals surface area contributed by atoms with Crippen LogP contribution in [0, 0.1) is 13.5 Å². The van der Waals surface area contributed by atoms with E-state index in [0.29, 0.717) is 16.5 Å². The van der Waals surface area contributed by atoms with Crippen LogP contribution in [-0.2, 0) is 0 Å². The maximum Gasteiger partial charge on any atom is 0.325 e. The molecular formula is C22H16N4OS. The molecule has 0 fully saturated rings. The van der Waals surface area contributed by atoms with E-state index in [2.05, 4.69) is 51.7 Å². The Kier molecular flexibility index (Phi) is 4.75. The summed E-state index contributed by atoms with van der Waals surface area (Å²) in [5.41, 5.74) is 5.35. The van der Waals surface area contributed by atoms with E-state index in [4.69, 9.17) is 6.57 Å². The second-order valence-electron chi connectivity index (χ2n) is 6.31. The van der Waals surface area contributed by atoms with Crippen molar-refractivity contribution >= 4 is 44.1 Å². The largest absolute Gasteiger partial charge is 0.325 e. The average Bonchev–Trinajstić information content (AvgIpc) is 3.09. The van der Waals surface area contributed by atoms with Crippen LogP contribution in [0.2, 0.25) is 0 Å². The molecule has 0 aliphatic carbocycles. The van der Waals surface area contributed by atoms with Gasteiger partial charge in [-0.1, -0.05) is 59.4 Å². The quantitative estimate of drug-likeness (QED) is 0.398. The van der Waals surface area contributed by atoms with Crippen molar-refractivity contribution < 1.29 is 4.79 Å². The SMILES string of the molecule is [C-]#[N+]c1ccc2nc(NC(=O)Nc3cccc(-c4ccc(C)cc4)c3)sc2c1. The lowest BCUT2D eigenvalue weighted by Crippen LogP contribution is -2.19. The van der Waals surface area contributed by atoms with Gasteiger partial charge in [-0.3, -0.25) is 5.32 Å². The topological polar surface area (TPSA) is 58.4 Å². The van der Waals surface area contributed by atoms with E-state index in [-0.39, 0.29) is 6.03 Å². The number of carbonyl (C=O) groups is 1. The Morgan fingerprint density at radius 1 is 1.00 bits per heavy atom. The number of aromatic nitrogens is 1. The molecule has 5 nitrogen and oxygen atoms in total. The fourth-order valence-electron chi connectivity index (χ4n) is 2.82. The van der Waals surface area contributed by atoms with Gasteiger partial charge in [0.2, 0.25) is 0 Å². The van der Waals surface area contributed by atoms with Crippen molar-refractivity contribution in [3.05, 3.63) is 83.7 Å². The number of nitrogens with one attached hydrogen (secondary N) is 2. The second-order valence-corrected chi connectivity index (χ2v) is 7.34. The van der Waals surface area contributed by atoms with Crippen LogP contribution in [-0.4, -0.2) is 11.0 Å². The number of anilines is 2. The van der Waals surface area contributed by atoms with Gasteiger partial charge in [0, 0.05) is 10.4 Å². The molecule has 0 aliphatic heterocycles. The van der Waals surface area contributed by atoms with Gasteiger partial charge in [-0.2, -0.15) is 0 Å². The Labute approximate surface area is 166 Å². The number of amides is 2. The molecule has 4 rings (SSSR count). The Balaban J connectivity index is 1.49. The zero-order chi connectivity index (χ0) is 19.5. The van der Waals surface area contributed by atoms with Crippen molar-refractivity contribution in [2.75, 3.05) is 10.6 Å². The highest BCUT2D eigenvalue weighted by Gasteiger charge is 2.09. The highest BCUT2D eigenvalue weighted by molar-refractivity contribution is 7.22. The lowest BCUT2D eigenvalue weighted by Gasteiger charge is -2.08. The number of hydrogen-bond donors (Lipinski definition) is 2. The number of nitrogens with zero attached hydrogens (tertiary/aromatic N) is 2. The average molecular weight is 384 g/mol. The van der Waals surface area contributed by atoms with E-state index in [0.717, 1.165) is 21.3 Å². The Morgan fingerprint density at radius 2 is 1.82 bits per heavy atom. The van der Waals surface area contributed by atoms with Gasteiger partial charge in [-0.25, -0.2) is 14.6 Å². The van der Waals surface area contributed by atoms with Crippen LogP contribution in [0.5, 0.6) is 0 Å². The van der Waals surface area contributed by atoms with Gasteiger partial charge in [0.25, 0.3) is 0 Å². The molecule has 136 valence electrons. The molecule has 0 aliphatic rings. The molecule has 0 saturated heterocycles. The van der Waals surface area contributed by atoms with Crippen molar-refractivity contribution in [2.24, 2.45) is 0 Å². The summed E-state index contributed by atoms with van der Waals surface area (Å²) in [6, 6.07) is 20.9. The molecule has 4 aromatic rings. The maximum absolute atomic E-state index is 12.4. The molecule has 6 heteroatoms. The van der Waals surface area contributed by atoms with Crippen LogP contribution in [0.15, 0.2) is 66.7 Å². The highest BCUT2D eigenvalue weighted by Crippen LogP contribution is 2.29. The van der Waals surface area contributed by atoms with Gasteiger partial charge < -0.3 is 5.32 Å². The predicted molar refractivity (Wildman–Crippen MR) is 115 cm³/mol. The molecule has 0 spiro atoms. The third-order valence-corrected chi connectivity index (χ3v) is 5.16. The molecule has 28 heavy (non-hydrogen) atoms. The number of thiazole rings is 1. The summed E-state index contributed by atoms with van der Waals surface area (Å²) >= 11 is 1.34. The number of urea groups is 1. The first-order valence-corrected chi connectivity index (χ1v) is 9.45. The van der Waals surface area contributed by atoms with Crippen molar-refractivity contribution in [1.82, 2.24) is 4.98 Å². The third kappa shape index (κ3) is 3.85. The lowest BCUT2D eigenvalue weighted by atomic mass is 10.0. The van der Waals surface area contributed by atoms with E-state index in [1.54, 1.807) is 18.2 Å². The van der Waals surface area contributed by atoms with Crippen molar-refractivity contribution in [1.29, 1.82) is 0 Å². The number of carbonyl (C=O) groups excluding carboxylic acids is 1. The van der Waals surface area contributed by atoms with Crippen LogP contribution in [0.3, 0.4) is 0 Å². The van der Waals surface area contributed by atoms with E-state index < -0.39 is 0 Å². The van der Waals surface area contributed by atoms with Gasteiger partial charge in [-0.05, 0) is 42.3 Å². The minimum absolute atomic E-state index is 0.356. The van der Waals surface area contributed by atoms with Crippen LogP contribution < -0.4 is 10.6 Å². The minimum Gasteiger partial charge on any atom is -0.308 e. The number of rotatable bonds is 3. The zero-order valence-corrected chi connectivity index (χ0v) is 15.9. The fourth-order valence-corrected chi connectivity index (χ4v) is 3.71. The molecule has 1 aromatic heterocycles. The maximum atomic E-state index is 12.4. The summed E-state index contributed by atoms with van der Waals surface area (Å²) in [6.07, 6.45) is 0.